The molecule has 1 atom stereocenters. The lowest BCUT2D eigenvalue weighted by Crippen LogP contribution is -2.35. The summed E-state index contributed by atoms with van der Waals surface area (Å²) in [6.45, 7) is 4.43. The quantitative estimate of drug-likeness (QED) is 0.904. The minimum Gasteiger partial charge on any atom is -0.339 e. The van der Waals surface area contributed by atoms with Crippen molar-refractivity contribution in [2.24, 2.45) is 0 Å². The number of rotatable bonds is 5. The van der Waals surface area contributed by atoms with Crippen molar-refractivity contribution in [3.05, 3.63) is 34.9 Å². The number of carbonyl (C=O) groups excluding carboxylic acids is 1. The summed E-state index contributed by atoms with van der Waals surface area (Å²) in [6.07, 6.45) is 2.90. The molecular weight excluding hydrogens is 295 g/mol. The minimum atomic E-state index is 0. The van der Waals surface area contributed by atoms with Crippen molar-refractivity contribution < 1.29 is 4.79 Å². The van der Waals surface area contributed by atoms with Gasteiger partial charge in [0.1, 0.15) is 0 Å². The topological polar surface area (TPSA) is 32.3 Å². The van der Waals surface area contributed by atoms with Gasteiger partial charge in [-0.3, -0.25) is 4.79 Å². The van der Waals surface area contributed by atoms with E-state index in [0.29, 0.717) is 19.0 Å². The Hall–Kier alpha value is -0.770. The van der Waals surface area contributed by atoms with Crippen LogP contribution in [0.25, 0.3) is 0 Å². The fraction of sp³-hybridized carbons (Fsp3) is 0.533. The van der Waals surface area contributed by atoms with Crippen molar-refractivity contribution in [3.8, 4) is 0 Å². The van der Waals surface area contributed by atoms with E-state index in [0.717, 1.165) is 30.1 Å². The molecule has 0 aromatic heterocycles. The van der Waals surface area contributed by atoms with Crippen molar-refractivity contribution in [3.63, 3.8) is 0 Å². The first-order valence-electron chi connectivity index (χ1n) is 6.94. The molecule has 1 unspecified atom stereocenters. The number of hydrogen-bond acceptors (Lipinski definition) is 2. The predicted octanol–water partition coefficient (Wildman–Crippen LogP) is 3.25. The number of halogens is 2. The lowest BCUT2D eigenvalue weighted by Gasteiger charge is -2.23. The summed E-state index contributed by atoms with van der Waals surface area (Å²) in [5, 5.41) is 4.09. The Morgan fingerprint density at radius 1 is 1.50 bits per heavy atom. The molecule has 1 aromatic carbocycles. The average molecular weight is 317 g/mol. The molecule has 1 amide bonds. The van der Waals surface area contributed by atoms with Crippen LogP contribution in [-0.4, -0.2) is 29.9 Å². The van der Waals surface area contributed by atoms with Gasteiger partial charge in [0.25, 0.3) is 0 Å². The van der Waals surface area contributed by atoms with Crippen molar-refractivity contribution in [2.75, 3.05) is 13.1 Å². The standard InChI is InChI=1S/C15H21ClN2O.ClH/c1-2-18(11-12-5-3-6-13(16)9-12)15(19)10-14-7-4-8-17-14;/h3,5-6,9,14,17H,2,4,7-8,10-11H2,1H3;1H. The van der Waals surface area contributed by atoms with E-state index >= 15 is 0 Å². The van der Waals surface area contributed by atoms with Gasteiger partial charge in [0.05, 0.1) is 0 Å². The molecule has 0 radical (unpaired) electrons. The average Bonchev–Trinajstić information content (AvgIpc) is 2.88. The maximum absolute atomic E-state index is 12.3. The largest absolute Gasteiger partial charge is 0.339 e. The van der Waals surface area contributed by atoms with Gasteiger partial charge in [0.15, 0.2) is 0 Å². The molecule has 2 rings (SSSR count). The Morgan fingerprint density at radius 3 is 2.90 bits per heavy atom. The van der Waals surface area contributed by atoms with Gasteiger partial charge in [0.2, 0.25) is 5.91 Å². The molecular formula is C15H22Cl2N2O. The molecule has 0 spiro atoms. The van der Waals surface area contributed by atoms with Gasteiger partial charge in [-0.25, -0.2) is 0 Å². The van der Waals surface area contributed by atoms with E-state index < -0.39 is 0 Å². The fourth-order valence-electron chi connectivity index (χ4n) is 2.50. The first-order valence-corrected chi connectivity index (χ1v) is 7.32. The van der Waals surface area contributed by atoms with Crippen LogP contribution in [0.4, 0.5) is 0 Å². The van der Waals surface area contributed by atoms with Gasteiger partial charge in [0, 0.05) is 30.6 Å². The van der Waals surface area contributed by atoms with E-state index in [1.807, 2.05) is 36.1 Å². The lowest BCUT2D eigenvalue weighted by atomic mass is 10.1. The maximum atomic E-state index is 12.3. The smallest absolute Gasteiger partial charge is 0.224 e. The molecule has 1 aliphatic heterocycles. The highest BCUT2D eigenvalue weighted by Gasteiger charge is 2.20. The molecule has 0 saturated carbocycles. The summed E-state index contributed by atoms with van der Waals surface area (Å²) in [7, 11) is 0. The molecule has 3 nitrogen and oxygen atoms in total. The summed E-state index contributed by atoms with van der Waals surface area (Å²) in [5.41, 5.74) is 1.09. The second-order valence-electron chi connectivity index (χ2n) is 5.04. The summed E-state index contributed by atoms with van der Waals surface area (Å²) < 4.78 is 0. The number of hydrogen-bond donors (Lipinski definition) is 1. The van der Waals surface area contributed by atoms with Crippen LogP contribution in [0.15, 0.2) is 24.3 Å². The van der Waals surface area contributed by atoms with Gasteiger partial charge in [-0.1, -0.05) is 23.7 Å². The maximum Gasteiger partial charge on any atom is 0.224 e. The zero-order valence-electron chi connectivity index (χ0n) is 11.8. The van der Waals surface area contributed by atoms with Crippen LogP contribution in [0.1, 0.15) is 31.7 Å². The van der Waals surface area contributed by atoms with E-state index in [2.05, 4.69) is 5.32 Å². The third kappa shape index (κ3) is 4.97. The lowest BCUT2D eigenvalue weighted by molar-refractivity contribution is -0.132. The Balaban J connectivity index is 0.00000200. The molecule has 1 saturated heterocycles. The van der Waals surface area contributed by atoms with E-state index in [9.17, 15) is 4.79 Å². The van der Waals surface area contributed by atoms with Gasteiger partial charge >= 0.3 is 0 Å². The van der Waals surface area contributed by atoms with Crippen LogP contribution in [0.2, 0.25) is 5.02 Å². The van der Waals surface area contributed by atoms with Gasteiger partial charge < -0.3 is 10.2 Å². The highest BCUT2D eigenvalue weighted by Crippen LogP contribution is 2.15. The van der Waals surface area contributed by atoms with E-state index in [1.54, 1.807) is 0 Å². The predicted molar refractivity (Wildman–Crippen MR) is 85.4 cm³/mol. The van der Waals surface area contributed by atoms with Crippen LogP contribution in [-0.2, 0) is 11.3 Å². The molecule has 5 heteroatoms. The molecule has 0 aliphatic carbocycles. The molecule has 1 heterocycles. The van der Waals surface area contributed by atoms with Crippen molar-refractivity contribution in [2.45, 2.75) is 38.8 Å². The molecule has 20 heavy (non-hydrogen) atoms. The summed E-state index contributed by atoms with van der Waals surface area (Å²) in [4.78, 5) is 14.2. The van der Waals surface area contributed by atoms with Crippen molar-refractivity contribution in [1.29, 1.82) is 0 Å². The van der Waals surface area contributed by atoms with Gasteiger partial charge in [-0.15, -0.1) is 12.4 Å². The third-order valence-electron chi connectivity index (χ3n) is 3.58. The summed E-state index contributed by atoms with van der Waals surface area (Å²) in [5.74, 6) is 0.224. The number of nitrogens with zero attached hydrogens (tertiary/aromatic N) is 1. The molecule has 0 bridgehead atoms. The van der Waals surface area contributed by atoms with Gasteiger partial charge in [-0.05, 0) is 44.0 Å². The van der Waals surface area contributed by atoms with E-state index in [-0.39, 0.29) is 18.3 Å². The molecule has 112 valence electrons. The third-order valence-corrected chi connectivity index (χ3v) is 3.82. The summed E-state index contributed by atoms with van der Waals surface area (Å²) in [6, 6.07) is 8.07. The Labute approximate surface area is 132 Å². The Morgan fingerprint density at radius 2 is 2.30 bits per heavy atom. The number of carbonyl (C=O) groups is 1. The Kier molecular flexibility index (Phi) is 7.35. The first kappa shape index (κ1) is 17.3. The molecule has 1 aliphatic rings. The van der Waals surface area contributed by atoms with Crippen LogP contribution < -0.4 is 5.32 Å². The number of amides is 1. The highest BCUT2D eigenvalue weighted by molar-refractivity contribution is 6.30. The van der Waals surface area contributed by atoms with Gasteiger partial charge in [-0.2, -0.15) is 0 Å². The normalized spacial score (nSPS) is 17.6. The van der Waals surface area contributed by atoms with E-state index in [1.165, 1.54) is 6.42 Å². The van der Waals surface area contributed by atoms with Crippen LogP contribution in [0.3, 0.4) is 0 Å². The van der Waals surface area contributed by atoms with Crippen molar-refractivity contribution >= 4 is 29.9 Å². The second-order valence-corrected chi connectivity index (χ2v) is 5.47. The first-order chi connectivity index (χ1) is 9.19. The zero-order valence-corrected chi connectivity index (χ0v) is 13.3. The molecule has 1 aromatic rings. The highest BCUT2D eigenvalue weighted by atomic mass is 35.5. The van der Waals surface area contributed by atoms with Crippen molar-refractivity contribution in [1.82, 2.24) is 10.2 Å². The SMILES string of the molecule is CCN(Cc1cccc(Cl)c1)C(=O)CC1CCCN1.Cl. The minimum absolute atomic E-state index is 0. The fourth-order valence-corrected chi connectivity index (χ4v) is 2.72. The molecule has 1 N–H and O–H groups in total. The number of nitrogens with one attached hydrogen (secondary N) is 1. The second kappa shape index (κ2) is 8.50. The van der Waals surface area contributed by atoms with Crippen LogP contribution >= 0.6 is 24.0 Å². The summed E-state index contributed by atoms with van der Waals surface area (Å²) >= 11 is 5.98. The molecule has 1 fully saturated rings. The van der Waals surface area contributed by atoms with Crippen LogP contribution in [0.5, 0.6) is 0 Å². The number of benzene rings is 1. The van der Waals surface area contributed by atoms with E-state index in [4.69, 9.17) is 11.6 Å². The van der Waals surface area contributed by atoms with Crippen LogP contribution in [0, 0.1) is 0 Å². The Bertz CT molecular complexity index is 434. The monoisotopic (exact) mass is 316 g/mol. The zero-order chi connectivity index (χ0) is 13.7.